The molecule has 6 heteroatoms. The minimum absolute atomic E-state index is 0.0644. The van der Waals surface area contributed by atoms with Crippen molar-refractivity contribution in [1.82, 2.24) is 5.32 Å². The lowest BCUT2D eigenvalue weighted by atomic mass is 10.1. The van der Waals surface area contributed by atoms with Crippen LogP contribution in [0, 0.1) is 5.92 Å². The zero-order valence-electron chi connectivity index (χ0n) is 13.6. The molecule has 1 aromatic rings. The highest BCUT2D eigenvalue weighted by Gasteiger charge is 2.33. The number of aliphatic hydroxyl groups is 2. The third-order valence-corrected chi connectivity index (χ3v) is 4.03. The van der Waals surface area contributed by atoms with Crippen LogP contribution in [0.15, 0.2) is 18.2 Å². The quantitative estimate of drug-likeness (QED) is 0.705. The lowest BCUT2D eigenvalue weighted by Gasteiger charge is -2.15. The Balaban J connectivity index is 2.06. The summed E-state index contributed by atoms with van der Waals surface area (Å²) >= 11 is 0. The first-order valence-electron chi connectivity index (χ1n) is 8.08. The molecule has 1 saturated carbocycles. The van der Waals surface area contributed by atoms with Crippen molar-refractivity contribution < 1.29 is 24.5 Å². The molecule has 3 N–H and O–H groups in total. The number of hydrogen-bond acceptors (Lipinski definition) is 5. The van der Waals surface area contributed by atoms with Gasteiger partial charge < -0.3 is 25.0 Å². The van der Waals surface area contributed by atoms with Gasteiger partial charge in [0.1, 0.15) is 0 Å². The second-order valence-corrected chi connectivity index (χ2v) is 5.68. The van der Waals surface area contributed by atoms with Gasteiger partial charge in [-0.1, -0.05) is 0 Å². The number of amides is 1. The first-order chi connectivity index (χ1) is 11.1. The van der Waals surface area contributed by atoms with Crippen LogP contribution in [0.1, 0.15) is 37.0 Å². The van der Waals surface area contributed by atoms with Gasteiger partial charge in [-0.15, -0.1) is 0 Å². The maximum atomic E-state index is 12.4. The van der Waals surface area contributed by atoms with Crippen molar-refractivity contribution in [3.63, 3.8) is 0 Å². The molecule has 0 aliphatic heterocycles. The number of carbonyl (C=O) groups excluding carboxylic acids is 1. The van der Waals surface area contributed by atoms with E-state index in [0.717, 1.165) is 0 Å². The summed E-state index contributed by atoms with van der Waals surface area (Å²) in [4.78, 5) is 12.4. The second-order valence-electron chi connectivity index (χ2n) is 5.68. The van der Waals surface area contributed by atoms with E-state index in [-0.39, 0.29) is 24.5 Å². The summed E-state index contributed by atoms with van der Waals surface area (Å²) in [5, 5.41) is 21.9. The Kier molecular flexibility index (Phi) is 6.24. The predicted octanol–water partition coefficient (Wildman–Crippen LogP) is 1.35. The van der Waals surface area contributed by atoms with Crippen LogP contribution in [0.4, 0.5) is 0 Å². The van der Waals surface area contributed by atoms with Crippen molar-refractivity contribution in [3.05, 3.63) is 23.8 Å². The van der Waals surface area contributed by atoms with Gasteiger partial charge in [0.05, 0.1) is 19.3 Å². The number of benzene rings is 1. The van der Waals surface area contributed by atoms with E-state index < -0.39 is 6.10 Å². The molecule has 0 bridgehead atoms. The molecule has 0 heterocycles. The number of aliphatic hydroxyl groups excluding tert-OH is 2. The smallest absolute Gasteiger partial charge is 0.251 e. The highest BCUT2D eigenvalue weighted by molar-refractivity contribution is 5.95. The molecule has 0 saturated heterocycles. The molecule has 128 valence electrons. The van der Waals surface area contributed by atoms with Crippen LogP contribution in [-0.4, -0.2) is 48.1 Å². The Labute approximate surface area is 136 Å². The van der Waals surface area contributed by atoms with Crippen LogP contribution in [-0.2, 0) is 0 Å². The zero-order valence-corrected chi connectivity index (χ0v) is 13.6. The van der Waals surface area contributed by atoms with Gasteiger partial charge in [0.2, 0.25) is 0 Å². The summed E-state index contributed by atoms with van der Waals surface area (Å²) in [5.41, 5.74) is 0.485. The standard InChI is InChI=1S/C17H25NO5/c1-3-22-15-6-5-11(8-16(15)23-4-2)17(21)18-13-7-12(10-19)14(20)9-13/h5-6,8,12-14,19-20H,3-4,7,9-10H2,1-2H3,(H,18,21)/t12-,13+,14+/m0/s1. The highest BCUT2D eigenvalue weighted by Crippen LogP contribution is 2.29. The second kappa shape index (κ2) is 8.17. The Morgan fingerprint density at radius 1 is 1.22 bits per heavy atom. The molecule has 0 unspecified atom stereocenters. The maximum Gasteiger partial charge on any atom is 0.251 e. The van der Waals surface area contributed by atoms with E-state index in [4.69, 9.17) is 9.47 Å². The molecule has 2 rings (SSSR count). The first kappa shape index (κ1) is 17.6. The van der Waals surface area contributed by atoms with Gasteiger partial charge in [-0.2, -0.15) is 0 Å². The normalized spacial score (nSPS) is 23.6. The average molecular weight is 323 g/mol. The summed E-state index contributed by atoms with van der Waals surface area (Å²) in [6.45, 7) is 4.70. The molecule has 1 aromatic carbocycles. The Hall–Kier alpha value is -1.79. The van der Waals surface area contributed by atoms with E-state index in [2.05, 4.69) is 5.32 Å². The van der Waals surface area contributed by atoms with Crippen molar-refractivity contribution in [2.24, 2.45) is 5.92 Å². The molecular formula is C17H25NO5. The number of carbonyl (C=O) groups is 1. The van der Waals surface area contributed by atoms with Gasteiger partial charge in [-0.05, 0) is 44.9 Å². The van der Waals surface area contributed by atoms with E-state index in [1.54, 1.807) is 18.2 Å². The molecule has 1 aliphatic carbocycles. The molecule has 1 fully saturated rings. The van der Waals surface area contributed by atoms with Crippen LogP contribution in [0.3, 0.4) is 0 Å². The van der Waals surface area contributed by atoms with Gasteiger partial charge in [-0.3, -0.25) is 4.79 Å². The Morgan fingerprint density at radius 2 is 1.91 bits per heavy atom. The number of rotatable bonds is 7. The van der Waals surface area contributed by atoms with Crippen molar-refractivity contribution in [3.8, 4) is 11.5 Å². The topological polar surface area (TPSA) is 88.0 Å². The van der Waals surface area contributed by atoms with Gasteiger partial charge in [0.15, 0.2) is 11.5 Å². The molecule has 0 aromatic heterocycles. The minimum Gasteiger partial charge on any atom is -0.490 e. The average Bonchev–Trinajstić information content (AvgIpc) is 2.89. The summed E-state index contributed by atoms with van der Waals surface area (Å²) in [6.07, 6.45) is 0.482. The fraction of sp³-hybridized carbons (Fsp3) is 0.588. The zero-order chi connectivity index (χ0) is 16.8. The largest absolute Gasteiger partial charge is 0.490 e. The van der Waals surface area contributed by atoms with E-state index >= 15 is 0 Å². The maximum absolute atomic E-state index is 12.4. The molecule has 3 atom stereocenters. The van der Waals surface area contributed by atoms with E-state index in [9.17, 15) is 15.0 Å². The summed E-state index contributed by atoms with van der Waals surface area (Å²) in [6, 6.07) is 4.96. The van der Waals surface area contributed by atoms with Crippen molar-refractivity contribution >= 4 is 5.91 Å². The van der Waals surface area contributed by atoms with Crippen molar-refractivity contribution in [1.29, 1.82) is 0 Å². The highest BCUT2D eigenvalue weighted by atomic mass is 16.5. The van der Waals surface area contributed by atoms with E-state index in [1.165, 1.54) is 0 Å². The fourth-order valence-electron chi connectivity index (χ4n) is 2.88. The van der Waals surface area contributed by atoms with Gasteiger partial charge in [-0.25, -0.2) is 0 Å². The Bertz CT molecular complexity index is 534. The number of ether oxygens (including phenoxy) is 2. The number of hydrogen-bond donors (Lipinski definition) is 3. The Morgan fingerprint density at radius 3 is 2.52 bits per heavy atom. The summed E-state index contributed by atoms with van der Waals surface area (Å²) in [7, 11) is 0. The summed E-state index contributed by atoms with van der Waals surface area (Å²) < 4.78 is 11.0. The lowest BCUT2D eigenvalue weighted by molar-refractivity contribution is 0.0903. The van der Waals surface area contributed by atoms with Crippen LogP contribution in [0.5, 0.6) is 11.5 Å². The van der Waals surface area contributed by atoms with Crippen molar-refractivity contribution in [2.45, 2.75) is 38.8 Å². The monoisotopic (exact) mass is 323 g/mol. The van der Waals surface area contributed by atoms with Gasteiger partial charge in [0.25, 0.3) is 5.91 Å². The third kappa shape index (κ3) is 4.36. The number of nitrogens with one attached hydrogen (secondary N) is 1. The van der Waals surface area contributed by atoms with Crippen LogP contribution in [0.25, 0.3) is 0 Å². The molecule has 23 heavy (non-hydrogen) atoms. The predicted molar refractivity (Wildman–Crippen MR) is 85.9 cm³/mol. The van der Waals surface area contributed by atoms with Gasteiger partial charge >= 0.3 is 0 Å². The van der Waals surface area contributed by atoms with E-state index in [1.807, 2.05) is 13.8 Å². The van der Waals surface area contributed by atoms with Crippen LogP contribution < -0.4 is 14.8 Å². The molecule has 1 amide bonds. The molecule has 1 aliphatic rings. The molecule has 0 radical (unpaired) electrons. The van der Waals surface area contributed by atoms with E-state index in [0.29, 0.717) is 43.1 Å². The summed E-state index contributed by atoms with van der Waals surface area (Å²) in [5.74, 6) is 0.772. The first-order valence-corrected chi connectivity index (χ1v) is 8.08. The van der Waals surface area contributed by atoms with Crippen LogP contribution >= 0.6 is 0 Å². The van der Waals surface area contributed by atoms with Crippen LogP contribution in [0.2, 0.25) is 0 Å². The van der Waals surface area contributed by atoms with Crippen molar-refractivity contribution in [2.75, 3.05) is 19.8 Å². The molecule has 0 spiro atoms. The lowest BCUT2D eigenvalue weighted by Crippen LogP contribution is -2.33. The third-order valence-electron chi connectivity index (χ3n) is 4.03. The fourth-order valence-corrected chi connectivity index (χ4v) is 2.88. The molecular weight excluding hydrogens is 298 g/mol. The SMILES string of the molecule is CCOc1ccc(C(=O)N[C@@H]2C[C@@H](CO)[C@H](O)C2)cc1OCC. The molecule has 6 nitrogen and oxygen atoms in total. The van der Waals surface area contributed by atoms with Gasteiger partial charge in [0, 0.05) is 24.1 Å². The minimum atomic E-state index is -0.565.